The van der Waals surface area contributed by atoms with Crippen LogP contribution in [0.1, 0.15) is 112 Å². The highest BCUT2D eigenvalue weighted by Gasteiger charge is 2.08. The molecule has 0 atom stereocenters. The minimum absolute atomic E-state index is 0.890. The summed E-state index contributed by atoms with van der Waals surface area (Å²) < 4.78 is 0. The van der Waals surface area contributed by atoms with Crippen molar-refractivity contribution in [2.75, 3.05) is 0 Å². The predicted octanol–water partition coefficient (Wildman–Crippen LogP) is 7.62. The first kappa shape index (κ1) is 21.3. The van der Waals surface area contributed by atoms with E-state index in [1.807, 2.05) is 0 Å². The summed E-state index contributed by atoms with van der Waals surface area (Å²) in [7, 11) is 0. The van der Waals surface area contributed by atoms with Crippen molar-refractivity contribution in [3.63, 3.8) is 0 Å². The van der Waals surface area contributed by atoms with Crippen molar-refractivity contribution in [3.8, 4) is 0 Å². The lowest BCUT2D eigenvalue weighted by Gasteiger charge is -2.17. The Morgan fingerprint density at radius 2 is 0.947 bits per heavy atom. The molecule has 0 N–H and O–H groups in total. The molecule has 0 aliphatic heterocycles. The molecule has 0 saturated carbocycles. The Bertz CT molecular complexity index is 127. The van der Waals surface area contributed by atoms with E-state index in [9.17, 15) is 0 Å². The van der Waals surface area contributed by atoms with Gasteiger partial charge in [-0.2, -0.15) is 0 Å². The second kappa shape index (κ2) is 18.0. The van der Waals surface area contributed by atoms with E-state index in [1.54, 1.807) is 0 Å². The van der Waals surface area contributed by atoms with Gasteiger partial charge in [0.05, 0.1) is 0 Å². The van der Waals surface area contributed by atoms with E-state index < -0.39 is 0 Å². The van der Waals surface area contributed by atoms with E-state index in [-0.39, 0.29) is 0 Å². The quantitative estimate of drug-likeness (QED) is 0.362. The van der Waals surface area contributed by atoms with Gasteiger partial charge in [0.2, 0.25) is 0 Å². The van der Waals surface area contributed by atoms with Gasteiger partial charge in [0, 0.05) is 0 Å². The molecule has 118 valence electrons. The molecular formula is C19H42. The molecule has 0 heterocycles. The molecule has 0 rings (SSSR count). The summed E-state index contributed by atoms with van der Waals surface area (Å²) in [4.78, 5) is 0. The first-order valence-electron chi connectivity index (χ1n) is 9.12. The largest absolute Gasteiger partial charge is 0.0654 e. The van der Waals surface area contributed by atoms with E-state index in [2.05, 4.69) is 41.5 Å². The Kier molecular flexibility index (Phi) is 20.2. The van der Waals surface area contributed by atoms with Crippen molar-refractivity contribution < 1.29 is 0 Å². The Labute approximate surface area is 124 Å². The normalized spacial score (nSPS) is 10.7. The number of unbranched alkanes of at least 4 members (excludes halogenated alkanes) is 4. The lowest BCUT2D eigenvalue weighted by atomic mass is 9.89. The second-order valence-electron chi connectivity index (χ2n) is 6.48. The van der Waals surface area contributed by atoms with Gasteiger partial charge in [0.15, 0.2) is 0 Å². The highest BCUT2D eigenvalue weighted by atomic mass is 14.1. The SMILES string of the molecule is CCCCC.CCCCC(CCCC)CCC(C)C. The summed E-state index contributed by atoms with van der Waals surface area (Å²) in [5, 5.41) is 0. The second-order valence-corrected chi connectivity index (χ2v) is 6.48. The molecule has 0 spiro atoms. The average molecular weight is 271 g/mol. The van der Waals surface area contributed by atoms with Crippen LogP contribution in [0.2, 0.25) is 0 Å². The van der Waals surface area contributed by atoms with Gasteiger partial charge in [-0.05, 0) is 11.8 Å². The molecule has 0 radical (unpaired) electrons. The van der Waals surface area contributed by atoms with Crippen LogP contribution in [0.4, 0.5) is 0 Å². The first-order valence-corrected chi connectivity index (χ1v) is 9.12. The van der Waals surface area contributed by atoms with Gasteiger partial charge in [0.1, 0.15) is 0 Å². The van der Waals surface area contributed by atoms with Gasteiger partial charge in [-0.1, -0.05) is 112 Å². The van der Waals surface area contributed by atoms with Crippen LogP contribution in [0.25, 0.3) is 0 Å². The zero-order valence-corrected chi connectivity index (χ0v) is 14.9. The maximum atomic E-state index is 2.34. The van der Waals surface area contributed by atoms with E-state index in [1.165, 1.54) is 70.6 Å². The van der Waals surface area contributed by atoms with Crippen molar-refractivity contribution in [1.82, 2.24) is 0 Å². The molecular weight excluding hydrogens is 228 g/mol. The number of hydrogen-bond donors (Lipinski definition) is 0. The summed E-state index contributed by atoms with van der Waals surface area (Å²) in [5.41, 5.74) is 0. The van der Waals surface area contributed by atoms with Gasteiger partial charge in [-0.3, -0.25) is 0 Å². The number of hydrogen-bond acceptors (Lipinski definition) is 0. The Morgan fingerprint density at radius 1 is 0.526 bits per heavy atom. The summed E-state index contributed by atoms with van der Waals surface area (Å²) in [6, 6.07) is 0. The topological polar surface area (TPSA) is 0 Å². The summed E-state index contributed by atoms with van der Waals surface area (Å²) >= 11 is 0. The zero-order chi connectivity index (χ0) is 14.9. The van der Waals surface area contributed by atoms with Gasteiger partial charge in [-0.15, -0.1) is 0 Å². The van der Waals surface area contributed by atoms with Crippen LogP contribution < -0.4 is 0 Å². The maximum absolute atomic E-state index is 2.34. The van der Waals surface area contributed by atoms with Crippen LogP contribution in [0.15, 0.2) is 0 Å². The molecule has 0 nitrogen and oxygen atoms in total. The summed E-state index contributed by atoms with van der Waals surface area (Å²) in [5.74, 6) is 1.91. The number of rotatable bonds is 11. The summed E-state index contributed by atoms with van der Waals surface area (Å²) in [6.07, 6.45) is 15.5. The third-order valence-corrected chi connectivity index (χ3v) is 3.79. The molecule has 0 bridgehead atoms. The van der Waals surface area contributed by atoms with E-state index >= 15 is 0 Å². The first-order chi connectivity index (χ1) is 9.12. The molecule has 0 aliphatic rings. The average Bonchev–Trinajstić information content (AvgIpc) is 2.39. The molecule has 0 aromatic carbocycles. The Balaban J connectivity index is 0. The Morgan fingerprint density at radius 3 is 1.21 bits per heavy atom. The van der Waals surface area contributed by atoms with Crippen LogP contribution >= 0.6 is 0 Å². The predicted molar refractivity (Wildman–Crippen MR) is 91.8 cm³/mol. The van der Waals surface area contributed by atoms with Crippen LogP contribution in [-0.2, 0) is 0 Å². The molecule has 0 amide bonds. The van der Waals surface area contributed by atoms with Crippen molar-refractivity contribution in [2.45, 2.75) is 112 Å². The van der Waals surface area contributed by atoms with Crippen molar-refractivity contribution in [1.29, 1.82) is 0 Å². The highest BCUT2D eigenvalue weighted by Crippen LogP contribution is 2.23. The van der Waals surface area contributed by atoms with Crippen LogP contribution in [0.3, 0.4) is 0 Å². The standard InChI is InChI=1S/C14H30.C5H12/c1-5-7-9-14(10-8-6-2)12-11-13(3)4;1-3-5-4-2/h13-14H,5-12H2,1-4H3;3-5H2,1-2H3. The van der Waals surface area contributed by atoms with Crippen LogP contribution in [-0.4, -0.2) is 0 Å². The van der Waals surface area contributed by atoms with Crippen LogP contribution in [0.5, 0.6) is 0 Å². The molecule has 0 fully saturated rings. The molecule has 0 aliphatic carbocycles. The molecule has 0 unspecified atom stereocenters. The molecule has 0 aromatic heterocycles. The van der Waals surface area contributed by atoms with Gasteiger partial charge in [0.25, 0.3) is 0 Å². The molecule has 19 heavy (non-hydrogen) atoms. The lowest BCUT2D eigenvalue weighted by Crippen LogP contribution is -2.02. The fourth-order valence-electron chi connectivity index (χ4n) is 2.34. The van der Waals surface area contributed by atoms with Crippen LogP contribution in [0, 0.1) is 11.8 Å². The van der Waals surface area contributed by atoms with E-state index in [0.29, 0.717) is 0 Å². The minimum Gasteiger partial charge on any atom is -0.0654 e. The van der Waals surface area contributed by atoms with Gasteiger partial charge >= 0.3 is 0 Å². The minimum atomic E-state index is 0.890. The fraction of sp³-hybridized carbons (Fsp3) is 1.00. The van der Waals surface area contributed by atoms with E-state index in [0.717, 1.165) is 11.8 Å². The molecule has 0 aromatic rings. The zero-order valence-electron chi connectivity index (χ0n) is 14.9. The van der Waals surface area contributed by atoms with Crippen molar-refractivity contribution >= 4 is 0 Å². The highest BCUT2D eigenvalue weighted by molar-refractivity contribution is 4.61. The van der Waals surface area contributed by atoms with Gasteiger partial charge in [-0.25, -0.2) is 0 Å². The third kappa shape index (κ3) is 20.5. The summed E-state index contributed by atoms with van der Waals surface area (Å²) in [6.45, 7) is 13.7. The maximum Gasteiger partial charge on any atom is -0.0414 e. The fourth-order valence-corrected chi connectivity index (χ4v) is 2.34. The monoisotopic (exact) mass is 270 g/mol. The molecule has 0 heteroatoms. The molecule has 0 saturated heterocycles. The van der Waals surface area contributed by atoms with Gasteiger partial charge < -0.3 is 0 Å². The van der Waals surface area contributed by atoms with E-state index in [4.69, 9.17) is 0 Å². The van der Waals surface area contributed by atoms with Crippen molar-refractivity contribution in [2.24, 2.45) is 11.8 Å². The smallest absolute Gasteiger partial charge is 0.0414 e. The van der Waals surface area contributed by atoms with Crippen molar-refractivity contribution in [3.05, 3.63) is 0 Å². The third-order valence-electron chi connectivity index (χ3n) is 3.79. The lowest BCUT2D eigenvalue weighted by molar-refractivity contribution is 0.360. The Hall–Kier alpha value is 0.